The van der Waals surface area contributed by atoms with Crippen LogP contribution in [-0.2, 0) is 23.7 Å². The van der Waals surface area contributed by atoms with Gasteiger partial charge in [-0.2, -0.15) is 0 Å². The molecule has 0 aromatic heterocycles. The van der Waals surface area contributed by atoms with Crippen molar-refractivity contribution in [2.24, 2.45) is 0 Å². The molecule has 1 heterocycles. The van der Waals surface area contributed by atoms with Gasteiger partial charge in [-0.1, -0.05) is 6.58 Å². The fraction of sp³-hybridized carbons (Fsp3) is 0.867. The van der Waals surface area contributed by atoms with Gasteiger partial charge in [-0.25, -0.2) is 0 Å². The molecule has 0 spiro atoms. The monoisotopic (exact) mass is 288 g/mol. The van der Waals surface area contributed by atoms with Gasteiger partial charge in [0.05, 0.1) is 18.8 Å². The van der Waals surface area contributed by atoms with Gasteiger partial charge in [0.1, 0.15) is 19.0 Å². The molecular formula is C15H28O5. The van der Waals surface area contributed by atoms with E-state index in [0.29, 0.717) is 13.2 Å². The van der Waals surface area contributed by atoms with E-state index in [1.165, 1.54) is 0 Å². The van der Waals surface area contributed by atoms with Crippen LogP contribution < -0.4 is 0 Å². The molecule has 1 aliphatic rings. The summed E-state index contributed by atoms with van der Waals surface area (Å²) in [4.78, 5) is 0. The molecule has 0 aromatic carbocycles. The molecule has 1 rings (SSSR count). The van der Waals surface area contributed by atoms with Crippen molar-refractivity contribution in [3.05, 3.63) is 12.2 Å². The zero-order chi connectivity index (χ0) is 15.4. The molecule has 2 atom stereocenters. The molecule has 0 bridgehead atoms. The Labute approximate surface area is 122 Å². The summed E-state index contributed by atoms with van der Waals surface area (Å²) in [7, 11) is 1.64. The zero-order valence-corrected chi connectivity index (χ0v) is 13.5. The summed E-state index contributed by atoms with van der Waals surface area (Å²) >= 11 is 0. The predicted octanol–water partition coefficient (Wildman–Crippen LogP) is 2.50. The van der Waals surface area contributed by atoms with Crippen molar-refractivity contribution in [3.63, 3.8) is 0 Å². The lowest BCUT2D eigenvalue weighted by molar-refractivity contribution is -0.200. The second-order valence-corrected chi connectivity index (χ2v) is 6.09. The normalized spacial score (nSPS) is 25.9. The molecule has 5 nitrogen and oxygen atoms in total. The van der Waals surface area contributed by atoms with Crippen molar-refractivity contribution in [3.8, 4) is 0 Å². The van der Waals surface area contributed by atoms with Gasteiger partial charge in [0.2, 0.25) is 0 Å². The van der Waals surface area contributed by atoms with Crippen LogP contribution in [0.1, 0.15) is 34.6 Å². The van der Waals surface area contributed by atoms with Crippen LogP contribution in [0.2, 0.25) is 0 Å². The van der Waals surface area contributed by atoms with Crippen molar-refractivity contribution in [2.45, 2.75) is 58.2 Å². The molecule has 0 radical (unpaired) electrons. The summed E-state index contributed by atoms with van der Waals surface area (Å²) in [6.07, 6.45) is -0.403. The third-order valence-electron chi connectivity index (χ3n) is 3.21. The second kappa shape index (κ2) is 7.00. The molecule has 1 saturated heterocycles. The predicted molar refractivity (Wildman–Crippen MR) is 76.5 cm³/mol. The Morgan fingerprint density at radius 3 is 2.45 bits per heavy atom. The maximum atomic E-state index is 5.98. The maximum Gasteiger partial charge on any atom is 0.164 e. The smallest absolute Gasteiger partial charge is 0.164 e. The number of ether oxygens (including phenoxy) is 5. The van der Waals surface area contributed by atoms with E-state index >= 15 is 0 Å². The van der Waals surface area contributed by atoms with Crippen molar-refractivity contribution >= 4 is 0 Å². The molecule has 0 unspecified atom stereocenters. The quantitative estimate of drug-likeness (QED) is 0.390. The van der Waals surface area contributed by atoms with Crippen LogP contribution in [0.5, 0.6) is 0 Å². The summed E-state index contributed by atoms with van der Waals surface area (Å²) < 4.78 is 27.9. The third kappa shape index (κ3) is 4.82. The summed E-state index contributed by atoms with van der Waals surface area (Å²) in [5.41, 5.74) is 0.391. The molecular weight excluding hydrogens is 260 g/mol. The number of methoxy groups -OCH3 is 1. The Hall–Kier alpha value is -0.460. The summed E-state index contributed by atoms with van der Waals surface area (Å²) in [6, 6.07) is 0. The van der Waals surface area contributed by atoms with E-state index in [0.717, 1.165) is 5.57 Å². The van der Waals surface area contributed by atoms with Gasteiger partial charge in [0, 0.05) is 7.11 Å². The molecule has 0 amide bonds. The Kier molecular flexibility index (Phi) is 6.16. The fourth-order valence-electron chi connectivity index (χ4n) is 2.11. The van der Waals surface area contributed by atoms with Crippen LogP contribution in [0.3, 0.4) is 0 Å². The van der Waals surface area contributed by atoms with Crippen LogP contribution in [0.25, 0.3) is 0 Å². The second-order valence-electron chi connectivity index (χ2n) is 6.09. The Morgan fingerprint density at radius 1 is 1.25 bits per heavy atom. The van der Waals surface area contributed by atoms with Crippen LogP contribution in [0.15, 0.2) is 12.2 Å². The molecule has 1 aliphatic heterocycles. The van der Waals surface area contributed by atoms with E-state index in [2.05, 4.69) is 6.58 Å². The Balaban J connectivity index is 2.58. The van der Waals surface area contributed by atoms with Gasteiger partial charge >= 0.3 is 0 Å². The highest BCUT2D eigenvalue weighted by atomic mass is 16.8. The first-order chi connectivity index (χ1) is 9.19. The fourth-order valence-corrected chi connectivity index (χ4v) is 2.11. The average molecular weight is 288 g/mol. The lowest BCUT2D eigenvalue weighted by Crippen LogP contribution is -2.46. The maximum absolute atomic E-state index is 5.98. The van der Waals surface area contributed by atoms with E-state index in [1.54, 1.807) is 7.11 Å². The zero-order valence-electron chi connectivity index (χ0n) is 13.5. The van der Waals surface area contributed by atoms with Gasteiger partial charge in [0.15, 0.2) is 5.79 Å². The molecule has 0 aliphatic carbocycles. The van der Waals surface area contributed by atoms with Crippen LogP contribution >= 0.6 is 0 Å². The number of rotatable bonds is 8. The minimum atomic E-state index is -0.633. The van der Waals surface area contributed by atoms with Crippen molar-refractivity contribution in [1.82, 2.24) is 0 Å². The van der Waals surface area contributed by atoms with Crippen molar-refractivity contribution < 1.29 is 23.7 Å². The first kappa shape index (κ1) is 17.6. The standard InChI is InChI=1S/C15H28O5/c1-11(2)12-13(20-15(5,6)19-12)14(3,4)18-10-17-9-8-16-7/h12-13H,1,8-10H2,2-7H3/t12-,13+/m0/s1. The van der Waals surface area contributed by atoms with Crippen molar-refractivity contribution in [2.75, 3.05) is 27.1 Å². The highest BCUT2D eigenvalue weighted by Crippen LogP contribution is 2.38. The molecule has 0 saturated carbocycles. The van der Waals surface area contributed by atoms with E-state index in [9.17, 15) is 0 Å². The van der Waals surface area contributed by atoms with E-state index in [1.807, 2.05) is 34.6 Å². The van der Waals surface area contributed by atoms with Crippen LogP contribution in [0, 0.1) is 0 Å². The SMILES string of the molecule is C=C(C)[C@@H]1OC(C)(C)O[C@H]1C(C)(C)OCOCCOC. The van der Waals surface area contributed by atoms with Crippen molar-refractivity contribution in [1.29, 1.82) is 0 Å². The minimum absolute atomic E-state index is 0.182. The largest absolute Gasteiger partial charge is 0.382 e. The molecule has 1 fully saturated rings. The molecule has 20 heavy (non-hydrogen) atoms. The highest BCUT2D eigenvalue weighted by molar-refractivity contribution is 5.09. The topological polar surface area (TPSA) is 46.2 Å². The van der Waals surface area contributed by atoms with Gasteiger partial charge in [0.25, 0.3) is 0 Å². The van der Waals surface area contributed by atoms with E-state index < -0.39 is 11.4 Å². The minimum Gasteiger partial charge on any atom is -0.382 e. The van der Waals surface area contributed by atoms with Crippen LogP contribution in [0.4, 0.5) is 0 Å². The van der Waals surface area contributed by atoms with Gasteiger partial charge in [-0.3, -0.25) is 0 Å². The lowest BCUT2D eigenvalue weighted by atomic mass is 9.93. The third-order valence-corrected chi connectivity index (χ3v) is 3.21. The Bertz CT molecular complexity index is 324. The summed E-state index contributed by atoms with van der Waals surface area (Å²) in [6.45, 7) is 14.9. The first-order valence-corrected chi connectivity index (χ1v) is 6.91. The number of hydrogen-bond acceptors (Lipinski definition) is 5. The number of hydrogen-bond donors (Lipinski definition) is 0. The molecule has 0 N–H and O–H groups in total. The molecule has 5 heteroatoms. The highest BCUT2D eigenvalue weighted by Gasteiger charge is 2.49. The lowest BCUT2D eigenvalue weighted by Gasteiger charge is -2.33. The average Bonchev–Trinajstić information content (AvgIpc) is 2.66. The van der Waals surface area contributed by atoms with Gasteiger partial charge in [-0.15, -0.1) is 0 Å². The van der Waals surface area contributed by atoms with E-state index in [-0.39, 0.29) is 19.0 Å². The molecule has 118 valence electrons. The summed E-state index contributed by atoms with van der Waals surface area (Å²) in [5, 5.41) is 0. The van der Waals surface area contributed by atoms with E-state index in [4.69, 9.17) is 23.7 Å². The Morgan fingerprint density at radius 2 is 1.90 bits per heavy atom. The molecule has 0 aromatic rings. The van der Waals surface area contributed by atoms with Gasteiger partial charge < -0.3 is 23.7 Å². The first-order valence-electron chi connectivity index (χ1n) is 6.91. The van der Waals surface area contributed by atoms with Gasteiger partial charge in [-0.05, 0) is 40.2 Å². The summed E-state index contributed by atoms with van der Waals surface area (Å²) in [5.74, 6) is -0.633. The van der Waals surface area contributed by atoms with Crippen LogP contribution in [-0.4, -0.2) is 50.7 Å².